The summed E-state index contributed by atoms with van der Waals surface area (Å²) in [5.74, 6) is 0.698. The minimum Gasteiger partial charge on any atom is -0.493 e. The zero-order valence-corrected chi connectivity index (χ0v) is 9.58. The summed E-state index contributed by atoms with van der Waals surface area (Å²) in [7, 11) is 0. The number of benzene rings is 1. The van der Waals surface area contributed by atoms with Crippen molar-refractivity contribution in [2.45, 2.75) is 25.4 Å². The van der Waals surface area contributed by atoms with E-state index in [1.165, 1.54) is 0 Å². The van der Waals surface area contributed by atoms with Crippen molar-refractivity contribution in [3.8, 4) is 5.75 Å². The summed E-state index contributed by atoms with van der Waals surface area (Å²) in [6, 6.07) is 7.30. The maximum absolute atomic E-state index is 14.8. The zero-order chi connectivity index (χ0) is 11.6. The van der Waals surface area contributed by atoms with Gasteiger partial charge >= 0.3 is 0 Å². The van der Waals surface area contributed by atoms with Gasteiger partial charge in [-0.3, -0.25) is 0 Å². The van der Waals surface area contributed by atoms with Crippen LogP contribution in [0.5, 0.6) is 5.75 Å². The Balaban J connectivity index is 2.36. The second-order valence-electron chi connectivity index (χ2n) is 4.27. The second kappa shape index (κ2) is 4.42. The van der Waals surface area contributed by atoms with Crippen LogP contribution in [0.25, 0.3) is 0 Å². The number of hydrogen-bond acceptors (Lipinski definition) is 2. The molecule has 1 saturated carbocycles. The van der Waals surface area contributed by atoms with Gasteiger partial charge in [0.2, 0.25) is 0 Å². The van der Waals surface area contributed by atoms with Gasteiger partial charge in [0.25, 0.3) is 0 Å². The standard InChI is InChI=1S/C13H18FNO/c1-2-16-12-6-4-3-5-11(12)13(14,9-15)10-7-8-10/h3-6,10H,2,7-9,15H2,1H3. The molecule has 1 aromatic rings. The molecule has 1 atom stereocenters. The van der Waals surface area contributed by atoms with Crippen molar-refractivity contribution in [1.29, 1.82) is 0 Å². The molecular formula is C13H18FNO. The average molecular weight is 223 g/mol. The molecule has 1 aliphatic carbocycles. The molecule has 0 spiro atoms. The third kappa shape index (κ3) is 1.92. The van der Waals surface area contributed by atoms with E-state index in [-0.39, 0.29) is 12.5 Å². The van der Waals surface area contributed by atoms with Gasteiger partial charge in [-0.15, -0.1) is 0 Å². The molecule has 1 fully saturated rings. The van der Waals surface area contributed by atoms with Crippen molar-refractivity contribution < 1.29 is 9.13 Å². The Morgan fingerprint density at radius 3 is 2.69 bits per heavy atom. The van der Waals surface area contributed by atoms with Crippen LogP contribution in [-0.4, -0.2) is 13.2 Å². The second-order valence-corrected chi connectivity index (χ2v) is 4.27. The third-order valence-corrected chi connectivity index (χ3v) is 3.16. The number of para-hydroxylation sites is 1. The molecule has 0 aromatic heterocycles. The van der Waals surface area contributed by atoms with Crippen molar-refractivity contribution in [2.24, 2.45) is 11.7 Å². The predicted molar refractivity (Wildman–Crippen MR) is 62.2 cm³/mol. The van der Waals surface area contributed by atoms with E-state index in [0.29, 0.717) is 17.9 Å². The summed E-state index contributed by atoms with van der Waals surface area (Å²) in [5, 5.41) is 0. The molecule has 0 saturated heterocycles. The van der Waals surface area contributed by atoms with E-state index in [4.69, 9.17) is 10.5 Å². The number of halogens is 1. The van der Waals surface area contributed by atoms with Gasteiger partial charge in [0, 0.05) is 12.1 Å². The summed E-state index contributed by atoms with van der Waals surface area (Å²) in [4.78, 5) is 0. The molecule has 2 N–H and O–H groups in total. The van der Waals surface area contributed by atoms with E-state index in [1.54, 1.807) is 6.07 Å². The van der Waals surface area contributed by atoms with Crippen molar-refractivity contribution in [3.63, 3.8) is 0 Å². The smallest absolute Gasteiger partial charge is 0.154 e. The fourth-order valence-corrected chi connectivity index (χ4v) is 2.13. The number of hydrogen-bond donors (Lipinski definition) is 1. The molecule has 0 heterocycles. The first-order chi connectivity index (χ1) is 7.72. The van der Waals surface area contributed by atoms with Gasteiger partial charge in [0.15, 0.2) is 5.67 Å². The highest BCUT2D eigenvalue weighted by molar-refractivity contribution is 5.39. The van der Waals surface area contributed by atoms with Gasteiger partial charge in [-0.05, 0) is 31.7 Å². The molecule has 0 bridgehead atoms. The van der Waals surface area contributed by atoms with E-state index < -0.39 is 5.67 Å². The monoisotopic (exact) mass is 223 g/mol. The molecule has 0 amide bonds. The highest BCUT2D eigenvalue weighted by Gasteiger charge is 2.47. The Bertz CT molecular complexity index is 365. The normalized spacial score (nSPS) is 19.2. The van der Waals surface area contributed by atoms with Crippen LogP contribution in [0, 0.1) is 5.92 Å². The zero-order valence-electron chi connectivity index (χ0n) is 9.58. The van der Waals surface area contributed by atoms with Gasteiger partial charge in [-0.1, -0.05) is 18.2 Å². The fourth-order valence-electron chi connectivity index (χ4n) is 2.13. The summed E-state index contributed by atoms with van der Waals surface area (Å²) >= 11 is 0. The van der Waals surface area contributed by atoms with Gasteiger partial charge in [-0.2, -0.15) is 0 Å². The predicted octanol–water partition coefficient (Wildman–Crippen LogP) is 2.62. The van der Waals surface area contributed by atoms with Crippen LogP contribution < -0.4 is 10.5 Å². The molecule has 0 radical (unpaired) electrons. The van der Waals surface area contributed by atoms with E-state index in [2.05, 4.69) is 0 Å². The third-order valence-electron chi connectivity index (χ3n) is 3.16. The lowest BCUT2D eigenvalue weighted by molar-refractivity contribution is 0.137. The summed E-state index contributed by atoms with van der Waals surface area (Å²) in [6.45, 7) is 2.47. The minimum atomic E-state index is -1.41. The number of rotatable bonds is 5. The van der Waals surface area contributed by atoms with Crippen molar-refractivity contribution in [2.75, 3.05) is 13.2 Å². The lowest BCUT2D eigenvalue weighted by atomic mass is 9.90. The largest absolute Gasteiger partial charge is 0.493 e. The first-order valence-electron chi connectivity index (χ1n) is 5.83. The summed E-state index contributed by atoms with van der Waals surface area (Å²) in [6.07, 6.45) is 1.85. The molecule has 0 aliphatic heterocycles. The van der Waals surface area contributed by atoms with Crippen LogP contribution in [0.2, 0.25) is 0 Å². The highest BCUT2D eigenvalue weighted by Crippen LogP contribution is 2.50. The SMILES string of the molecule is CCOc1ccccc1C(F)(CN)C1CC1. The highest BCUT2D eigenvalue weighted by atomic mass is 19.1. The van der Waals surface area contributed by atoms with Gasteiger partial charge < -0.3 is 10.5 Å². The number of ether oxygens (including phenoxy) is 1. The average Bonchev–Trinajstić information content (AvgIpc) is 3.13. The van der Waals surface area contributed by atoms with Gasteiger partial charge in [0.05, 0.1) is 6.61 Å². The Kier molecular flexibility index (Phi) is 3.15. The van der Waals surface area contributed by atoms with E-state index in [9.17, 15) is 4.39 Å². The van der Waals surface area contributed by atoms with E-state index >= 15 is 0 Å². The van der Waals surface area contributed by atoms with E-state index in [1.807, 2.05) is 25.1 Å². The van der Waals surface area contributed by atoms with Gasteiger partial charge in [0.1, 0.15) is 5.75 Å². The van der Waals surface area contributed by atoms with Crippen LogP contribution in [0.1, 0.15) is 25.3 Å². The van der Waals surface area contributed by atoms with Crippen LogP contribution in [0.3, 0.4) is 0 Å². The first kappa shape index (κ1) is 11.4. The molecule has 1 aromatic carbocycles. The molecule has 88 valence electrons. The summed E-state index contributed by atoms with van der Waals surface area (Å²) < 4.78 is 20.3. The van der Waals surface area contributed by atoms with Crippen LogP contribution in [0.15, 0.2) is 24.3 Å². The van der Waals surface area contributed by atoms with Crippen molar-refractivity contribution in [1.82, 2.24) is 0 Å². The maximum atomic E-state index is 14.8. The quantitative estimate of drug-likeness (QED) is 0.832. The molecule has 16 heavy (non-hydrogen) atoms. The Morgan fingerprint density at radius 2 is 2.12 bits per heavy atom. The molecule has 2 nitrogen and oxygen atoms in total. The molecule has 1 unspecified atom stereocenters. The van der Waals surface area contributed by atoms with Gasteiger partial charge in [-0.25, -0.2) is 4.39 Å². The van der Waals surface area contributed by atoms with E-state index in [0.717, 1.165) is 12.8 Å². The molecule has 2 rings (SSSR count). The van der Waals surface area contributed by atoms with Crippen LogP contribution in [0.4, 0.5) is 4.39 Å². The minimum absolute atomic E-state index is 0.0295. The topological polar surface area (TPSA) is 35.2 Å². The Morgan fingerprint density at radius 1 is 1.44 bits per heavy atom. The molecule has 1 aliphatic rings. The lowest BCUT2D eigenvalue weighted by Gasteiger charge is -2.26. The number of alkyl halides is 1. The number of nitrogens with two attached hydrogens (primary N) is 1. The first-order valence-corrected chi connectivity index (χ1v) is 5.83. The molecular weight excluding hydrogens is 205 g/mol. The maximum Gasteiger partial charge on any atom is 0.154 e. The Labute approximate surface area is 95.6 Å². The van der Waals surface area contributed by atoms with Crippen LogP contribution >= 0.6 is 0 Å². The fraction of sp³-hybridized carbons (Fsp3) is 0.538. The lowest BCUT2D eigenvalue weighted by Crippen LogP contribution is -2.33. The Hall–Kier alpha value is -1.09. The molecule has 3 heteroatoms. The summed E-state index contributed by atoms with van der Waals surface area (Å²) in [5.41, 5.74) is 4.82. The van der Waals surface area contributed by atoms with Crippen molar-refractivity contribution in [3.05, 3.63) is 29.8 Å². The van der Waals surface area contributed by atoms with Crippen LogP contribution in [-0.2, 0) is 5.67 Å². The van der Waals surface area contributed by atoms with Crippen molar-refractivity contribution >= 4 is 0 Å².